The highest BCUT2D eigenvalue weighted by molar-refractivity contribution is 7.71. The fourth-order valence-electron chi connectivity index (χ4n) is 4.18. The lowest BCUT2D eigenvalue weighted by Crippen LogP contribution is -2.48. The van der Waals surface area contributed by atoms with Crippen molar-refractivity contribution in [1.82, 2.24) is 24.3 Å². The number of aromatic amines is 1. The van der Waals surface area contributed by atoms with Gasteiger partial charge in [0.25, 0.3) is 5.56 Å². The van der Waals surface area contributed by atoms with Crippen molar-refractivity contribution in [2.75, 3.05) is 26.2 Å². The molecule has 1 aliphatic rings. The molecular weight excluding hydrogens is 422 g/mol. The molecule has 0 unspecified atom stereocenters. The van der Waals surface area contributed by atoms with Crippen molar-refractivity contribution >= 4 is 29.0 Å². The molecule has 3 heterocycles. The Morgan fingerprint density at radius 2 is 1.75 bits per heavy atom. The third-order valence-corrected chi connectivity index (χ3v) is 6.36. The molecule has 2 aromatic heterocycles. The molecule has 32 heavy (non-hydrogen) atoms. The molecular formula is C24H29N5O2S. The Kier molecular flexibility index (Phi) is 7.44. The number of unbranched alkanes of at least 4 members (excludes halogenated alkanes) is 2. The minimum Gasteiger partial charge on any atom is -0.340 e. The minimum atomic E-state index is -0.0509. The van der Waals surface area contributed by atoms with Crippen LogP contribution in [0.25, 0.3) is 10.9 Å². The van der Waals surface area contributed by atoms with E-state index in [-0.39, 0.29) is 11.5 Å². The van der Waals surface area contributed by atoms with E-state index in [4.69, 9.17) is 12.2 Å². The summed E-state index contributed by atoms with van der Waals surface area (Å²) in [5.41, 5.74) is 1.97. The van der Waals surface area contributed by atoms with Gasteiger partial charge < -0.3 is 9.88 Å². The predicted molar refractivity (Wildman–Crippen MR) is 128 cm³/mol. The molecule has 1 aromatic carbocycles. The smallest absolute Gasteiger partial charge is 0.262 e. The first-order chi connectivity index (χ1) is 15.6. The van der Waals surface area contributed by atoms with Gasteiger partial charge in [-0.1, -0.05) is 18.6 Å². The average molecular weight is 452 g/mol. The number of nitrogens with one attached hydrogen (secondary N) is 1. The summed E-state index contributed by atoms with van der Waals surface area (Å²) in [6.07, 6.45) is 6.74. The number of H-pyrrole nitrogens is 1. The fourth-order valence-corrected chi connectivity index (χ4v) is 4.47. The average Bonchev–Trinajstić information content (AvgIpc) is 2.82. The number of hydrogen-bond donors (Lipinski definition) is 1. The zero-order valence-corrected chi connectivity index (χ0v) is 19.0. The van der Waals surface area contributed by atoms with Gasteiger partial charge in [-0.25, -0.2) is 0 Å². The maximum Gasteiger partial charge on any atom is 0.262 e. The van der Waals surface area contributed by atoms with Crippen molar-refractivity contribution < 1.29 is 4.79 Å². The second-order valence-corrected chi connectivity index (χ2v) is 8.64. The zero-order chi connectivity index (χ0) is 22.3. The number of pyridine rings is 1. The SMILES string of the molecule is O=C(CCCCCn1c(=S)[nH]c2ccccc2c1=O)N1CCN(Cc2ccncc2)CC1. The van der Waals surface area contributed by atoms with Crippen molar-refractivity contribution in [3.05, 3.63) is 69.5 Å². The van der Waals surface area contributed by atoms with Crippen molar-refractivity contribution in [3.8, 4) is 0 Å². The molecule has 0 aliphatic carbocycles. The number of hydrogen-bond acceptors (Lipinski definition) is 5. The van der Waals surface area contributed by atoms with E-state index in [9.17, 15) is 9.59 Å². The van der Waals surface area contributed by atoms with E-state index in [2.05, 4.69) is 14.9 Å². The van der Waals surface area contributed by atoms with E-state index in [1.807, 2.05) is 53.7 Å². The highest BCUT2D eigenvalue weighted by Crippen LogP contribution is 2.11. The number of para-hydroxylation sites is 1. The summed E-state index contributed by atoms with van der Waals surface area (Å²) in [5.74, 6) is 0.230. The Morgan fingerprint density at radius 1 is 1.00 bits per heavy atom. The number of rotatable bonds is 8. The third kappa shape index (κ3) is 5.49. The molecule has 1 fully saturated rings. The fraction of sp³-hybridized carbons (Fsp3) is 0.417. The first-order valence-electron chi connectivity index (χ1n) is 11.2. The molecule has 1 saturated heterocycles. The highest BCUT2D eigenvalue weighted by Gasteiger charge is 2.20. The van der Waals surface area contributed by atoms with Crippen molar-refractivity contribution in [2.24, 2.45) is 0 Å². The van der Waals surface area contributed by atoms with Crippen LogP contribution in [0, 0.1) is 4.77 Å². The van der Waals surface area contributed by atoms with E-state index < -0.39 is 0 Å². The van der Waals surface area contributed by atoms with Crippen LogP contribution in [0.2, 0.25) is 0 Å². The van der Waals surface area contributed by atoms with Gasteiger partial charge in [0.15, 0.2) is 4.77 Å². The van der Waals surface area contributed by atoms with E-state index in [0.717, 1.165) is 57.5 Å². The number of carbonyl (C=O) groups is 1. The Morgan fingerprint density at radius 3 is 2.53 bits per heavy atom. The van der Waals surface area contributed by atoms with Gasteiger partial charge in [-0.3, -0.25) is 24.0 Å². The molecule has 0 spiro atoms. The molecule has 4 rings (SSSR count). The molecule has 1 aliphatic heterocycles. The van der Waals surface area contributed by atoms with Crippen LogP contribution in [0.1, 0.15) is 31.2 Å². The summed E-state index contributed by atoms with van der Waals surface area (Å²) in [7, 11) is 0. The normalized spacial score (nSPS) is 14.7. The van der Waals surface area contributed by atoms with Gasteiger partial charge >= 0.3 is 0 Å². The second kappa shape index (κ2) is 10.7. The van der Waals surface area contributed by atoms with Crippen LogP contribution in [0.3, 0.4) is 0 Å². The monoisotopic (exact) mass is 451 g/mol. The lowest BCUT2D eigenvalue weighted by atomic mass is 10.1. The lowest BCUT2D eigenvalue weighted by molar-refractivity contribution is -0.133. The molecule has 0 bridgehead atoms. The second-order valence-electron chi connectivity index (χ2n) is 8.26. The molecule has 0 saturated carbocycles. The minimum absolute atomic E-state index is 0.0509. The lowest BCUT2D eigenvalue weighted by Gasteiger charge is -2.34. The number of benzene rings is 1. The van der Waals surface area contributed by atoms with Crippen LogP contribution in [0.4, 0.5) is 0 Å². The summed E-state index contributed by atoms with van der Waals surface area (Å²) < 4.78 is 2.08. The Balaban J connectivity index is 1.18. The largest absolute Gasteiger partial charge is 0.340 e. The standard InChI is InChI=1S/C24H29N5O2S/c30-22(28-16-14-27(15-17-28)18-19-9-11-25-12-10-19)8-2-1-5-13-29-23(31)20-6-3-4-7-21(20)26-24(29)32/h3-4,6-7,9-12H,1-2,5,8,13-18H2,(H,26,32). The highest BCUT2D eigenvalue weighted by atomic mass is 32.1. The van der Waals surface area contributed by atoms with E-state index in [0.29, 0.717) is 23.1 Å². The molecule has 168 valence electrons. The number of nitrogens with zero attached hydrogens (tertiary/aromatic N) is 4. The Labute approximate surface area is 192 Å². The Bertz CT molecular complexity index is 1170. The van der Waals surface area contributed by atoms with Crippen molar-refractivity contribution in [2.45, 2.75) is 38.8 Å². The summed E-state index contributed by atoms with van der Waals surface area (Å²) in [4.78, 5) is 36.8. The van der Waals surface area contributed by atoms with E-state index >= 15 is 0 Å². The van der Waals surface area contributed by atoms with E-state index in [1.54, 1.807) is 4.57 Å². The van der Waals surface area contributed by atoms with Crippen LogP contribution in [-0.2, 0) is 17.9 Å². The van der Waals surface area contributed by atoms with E-state index in [1.165, 1.54) is 5.56 Å². The quantitative estimate of drug-likeness (QED) is 0.420. The summed E-state index contributed by atoms with van der Waals surface area (Å²) >= 11 is 5.36. The van der Waals surface area contributed by atoms with Crippen molar-refractivity contribution in [3.63, 3.8) is 0 Å². The topological polar surface area (TPSA) is 74.2 Å². The van der Waals surface area contributed by atoms with Gasteiger partial charge in [0.2, 0.25) is 5.91 Å². The van der Waals surface area contributed by atoms with Gasteiger partial charge in [-0.15, -0.1) is 0 Å². The van der Waals surface area contributed by atoms with Gasteiger partial charge in [0, 0.05) is 58.1 Å². The predicted octanol–water partition coefficient (Wildman–Crippen LogP) is 3.36. The van der Waals surface area contributed by atoms with Crippen LogP contribution in [-0.4, -0.2) is 56.4 Å². The number of carbonyl (C=O) groups excluding carboxylic acids is 1. The first kappa shape index (κ1) is 22.4. The maximum atomic E-state index is 12.7. The maximum absolute atomic E-state index is 12.7. The third-order valence-electron chi connectivity index (χ3n) is 6.04. The van der Waals surface area contributed by atoms with Crippen molar-refractivity contribution in [1.29, 1.82) is 0 Å². The number of fused-ring (bicyclic) bond motifs is 1. The zero-order valence-electron chi connectivity index (χ0n) is 18.2. The molecule has 8 heteroatoms. The molecule has 0 radical (unpaired) electrons. The molecule has 1 N–H and O–H groups in total. The summed E-state index contributed by atoms with van der Waals surface area (Å²) in [6, 6.07) is 11.5. The number of piperazine rings is 1. The number of aromatic nitrogens is 3. The van der Waals surface area contributed by atoms with Gasteiger partial charge in [0.1, 0.15) is 0 Å². The van der Waals surface area contributed by atoms with Crippen LogP contribution in [0.15, 0.2) is 53.6 Å². The summed E-state index contributed by atoms with van der Waals surface area (Å²) in [5, 5.41) is 0.652. The molecule has 1 amide bonds. The molecule has 3 aromatic rings. The van der Waals surface area contributed by atoms with Crippen LogP contribution < -0.4 is 5.56 Å². The van der Waals surface area contributed by atoms with Gasteiger partial charge in [0.05, 0.1) is 10.9 Å². The summed E-state index contributed by atoms with van der Waals surface area (Å²) in [6.45, 7) is 4.84. The van der Waals surface area contributed by atoms with Crippen LogP contribution >= 0.6 is 12.2 Å². The Hall–Kier alpha value is -2.84. The number of amides is 1. The van der Waals surface area contributed by atoms with Gasteiger partial charge in [-0.2, -0.15) is 0 Å². The molecule has 7 nitrogen and oxygen atoms in total. The van der Waals surface area contributed by atoms with Gasteiger partial charge in [-0.05, 0) is 54.9 Å². The first-order valence-corrected chi connectivity index (χ1v) is 11.6. The molecule has 0 atom stereocenters. The van der Waals surface area contributed by atoms with Crippen LogP contribution in [0.5, 0.6) is 0 Å².